The van der Waals surface area contributed by atoms with Gasteiger partial charge in [-0.05, 0) is 32.4 Å². The van der Waals surface area contributed by atoms with E-state index in [9.17, 15) is 4.79 Å². The van der Waals surface area contributed by atoms with Crippen molar-refractivity contribution in [2.75, 3.05) is 7.05 Å². The molecule has 1 rings (SSSR count). The Morgan fingerprint density at radius 1 is 1.56 bits per heavy atom. The van der Waals surface area contributed by atoms with Crippen molar-refractivity contribution in [1.29, 1.82) is 0 Å². The molecule has 3 nitrogen and oxygen atoms in total. The first-order valence-electron chi connectivity index (χ1n) is 5.28. The van der Waals surface area contributed by atoms with E-state index in [4.69, 9.17) is 11.6 Å². The van der Waals surface area contributed by atoms with Crippen LogP contribution >= 0.6 is 11.6 Å². The largest absolute Gasteiger partial charge is 0.337 e. The molecular formula is C12H17ClN2O. The maximum absolute atomic E-state index is 12.1. The van der Waals surface area contributed by atoms with Gasteiger partial charge in [-0.3, -0.25) is 4.79 Å². The third kappa shape index (κ3) is 2.73. The summed E-state index contributed by atoms with van der Waals surface area (Å²) in [6.45, 7) is 6.13. The Kier molecular flexibility index (Phi) is 3.92. The van der Waals surface area contributed by atoms with Gasteiger partial charge in [0.25, 0.3) is 5.91 Å². The van der Waals surface area contributed by atoms with Crippen molar-refractivity contribution in [1.82, 2.24) is 9.88 Å². The second kappa shape index (κ2) is 4.83. The SMILES string of the molecule is CCC(C)(C)N(C)C(=O)c1ccnc(Cl)c1. The van der Waals surface area contributed by atoms with Crippen LogP contribution in [0.1, 0.15) is 37.6 Å². The molecule has 0 aromatic carbocycles. The first kappa shape index (κ1) is 13.0. The molecule has 0 aliphatic heterocycles. The van der Waals surface area contributed by atoms with Gasteiger partial charge in [0.1, 0.15) is 5.15 Å². The number of hydrogen-bond acceptors (Lipinski definition) is 2. The predicted molar refractivity (Wildman–Crippen MR) is 65.7 cm³/mol. The number of rotatable bonds is 3. The number of pyridine rings is 1. The summed E-state index contributed by atoms with van der Waals surface area (Å²) in [5, 5.41) is 0.341. The fraction of sp³-hybridized carbons (Fsp3) is 0.500. The number of carbonyl (C=O) groups excluding carboxylic acids is 1. The zero-order valence-corrected chi connectivity index (χ0v) is 10.9. The Bertz CT molecular complexity index is 390. The lowest BCUT2D eigenvalue weighted by Gasteiger charge is -2.34. The van der Waals surface area contributed by atoms with Gasteiger partial charge in [-0.25, -0.2) is 4.98 Å². The Balaban J connectivity index is 2.95. The van der Waals surface area contributed by atoms with Crippen LogP contribution in [0.5, 0.6) is 0 Å². The van der Waals surface area contributed by atoms with Crippen LogP contribution in [0.2, 0.25) is 5.15 Å². The van der Waals surface area contributed by atoms with Gasteiger partial charge in [0, 0.05) is 24.3 Å². The van der Waals surface area contributed by atoms with Gasteiger partial charge < -0.3 is 4.90 Å². The summed E-state index contributed by atoms with van der Waals surface area (Å²) in [5.41, 5.74) is 0.413. The minimum Gasteiger partial charge on any atom is -0.337 e. The fourth-order valence-electron chi connectivity index (χ4n) is 1.24. The molecule has 4 heteroatoms. The van der Waals surface area contributed by atoms with Gasteiger partial charge in [0.2, 0.25) is 0 Å². The lowest BCUT2D eigenvalue weighted by molar-refractivity contribution is 0.0620. The second-order valence-electron chi connectivity index (χ2n) is 4.40. The highest BCUT2D eigenvalue weighted by Gasteiger charge is 2.26. The van der Waals surface area contributed by atoms with Gasteiger partial charge in [-0.2, -0.15) is 0 Å². The molecule has 88 valence electrons. The lowest BCUT2D eigenvalue weighted by Crippen LogP contribution is -2.44. The molecule has 0 N–H and O–H groups in total. The van der Waals surface area contributed by atoms with Crippen molar-refractivity contribution < 1.29 is 4.79 Å². The Morgan fingerprint density at radius 3 is 2.69 bits per heavy atom. The van der Waals surface area contributed by atoms with Crippen LogP contribution in [0.3, 0.4) is 0 Å². The highest BCUT2D eigenvalue weighted by Crippen LogP contribution is 2.19. The molecule has 16 heavy (non-hydrogen) atoms. The molecule has 0 fully saturated rings. The summed E-state index contributed by atoms with van der Waals surface area (Å²) in [6, 6.07) is 3.27. The van der Waals surface area contributed by atoms with Gasteiger partial charge in [0.05, 0.1) is 0 Å². The number of amides is 1. The predicted octanol–water partition coefficient (Wildman–Crippen LogP) is 3.00. The van der Waals surface area contributed by atoms with E-state index in [1.807, 2.05) is 13.8 Å². The van der Waals surface area contributed by atoms with Crippen LogP contribution in [0.15, 0.2) is 18.3 Å². The average Bonchev–Trinajstić information content (AvgIpc) is 2.27. The van der Waals surface area contributed by atoms with Crippen LogP contribution in [-0.4, -0.2) is 28.4 Å². The molecule has 0 atom stereocenters. The van der Waals surface area contributed by atoms with Crippen LogP contribution < -0.4 is 0 Å². The lowest BCUT2D eigenvalue weighted by atomic mass is 9.99. The average molecular weight is 241 g/mol. The van der Waals surface area contributed by atoms with E-state index < -0.39 is 0 Å². The molecule has 1 heterocycles. The molecule has 0 aliphatic rings. The van der Waals surface area contributed by atoms with Gasteiger partial charge in [0.15, 0.2) is 0 Å². The number of hydrogen-bond donors (Lipinski definition) is 0. The minimum absolute atomic E-state index is 0.0313. The first-order valence-corrected chi connectivity index (χ1v) is 5.66. The molecule has 1 aromatic heterocycles. The van der Waals surface area contributed by atoms with E-state index in [1.54, 1.807) is 30.3 Å². The third-order valence-electron chi connectivity index (χ3n) is 3.05. The van der Waals surface area contributed by atoms with Crippen molar-refractivity contribution in [2.45, 2.75) is 32.7 Å². The van der Waals surface area contributed by atoms with Crippen LogP contribution in [0.25, 0.3) is 0 Å². The normalized spacial score (nSPS) is 11.3. The highest BCUT2D eigenvalue weighted by molar-refractivity contribution is 6.29. The zero-order valence-electron chi connectivity index (χ0n) is 10.1. The van der Waals surface area contributed by atoms with Crippen molar-refractivity contribution in [3.05, 3.63) is 29.0 Å². The fourth-order valence-corrected chi connectivity index (χ4v) is 1.42. The molecule has 0 spiro atoms. The van der Waals surface area contributed by atoms with Crippen LogP contribution in [0, 0.1) is 0 Å². The summed E-state index contributed by atoms with van der Waals surface area (Å²) in [4.78, 5) is 17.7. The van der Waals surface area contributed by atoms with Gasteiger partial charge >= 0.3 is 0 Å². The van der Waals surface area contributed by atoms with E-state index in [2.05, 4.69) is 11.9 Å². The van der Waals surface area contributed by atoms with Crippen molar-refractivity contribution >= 4 is 17.5 Å². The maximum Gasteiger partial charge on any atom is 0.254 e. The quantitative estimate of drug-likeness (QED) is 0.761. The molecule has 1 aromatic rings. The standard InChI is InChI=1S/C12H17ClN2O/c1-5-12(2,3)15(4)11(16)9-6-7-14-10(13)8-9/h6-8H,5H2,1-4H3. The van der Waals surface area contributed by atoms with E-state index in [0.717, 1.165) is 6.42 Å². The molecular weight excluding hydrogens is 224 g/mol. The number of nitrogens with zero attached hydrogens (tertiary/aromatic N) is 2. The Labute approximate surface area is 101 Å². The molecule has 0 aliphatic carbocycles. The number of aromatic nitrogens is 1. The van der Waals surface area contributed by atoms with Crippen LogP contribution in [0.4, 0.5) is 0 Å². The molecule has 1 amide bonds. The third-order valence-corrected chi connectivity index (χ3v) is 3.26. The Hall–Kier alpha value is -1.09. The molecule has 0 saturated heterocycles. The van der Waals surface area contributed by atoms with E-state index in [1.165, 1.54) is 0 Å². The highest BCUT2D eigenvalue weighted by atomic mass is 35.5. The molecule has 0 radical (unpaired) electrons. The monoisotopic (exact) mass is 240 g/mol. The summed E-state index contributed by atoms with van der Waals surface area (Å²) in [5.74, 6) is -0.0313. The Morgan fingerprint density at radius 2 is 2.19 bits per heavy atom. The summed E-state index contributed by atoms with van der Waals surface area (Å²) < 4.78 is 0. The summed E-state index contributed by atoms with van der Waals surface area (Å²) in [6.07, 6.45) is 2.44. The van der Waals surface area contributed by atoms with Crippen molar-refractivity contribution in [3.63, 3.8) is 0 Å². The molecule has 0 bridgehead atoms. The smallest absolute Gasteiger partial charge is 0.254 e. The minimum atomic E-state index is -0.160. The van der Waals surface area contributed by atoms with Crippen LogP contribution in [-0.2, 0) is 0 Å². The second-order valence-corrected chi connectivity index (χ2v) is 4.78. The zero-order chi connectivity index (χ0) is 12.3. The van der Waals surface area contributed by atoms with E-state index >= 15 is 0 Å². The van der Waals surface area contributed by atoms with Gasteiger partial charge in [-0.15, -0.1) is 0 Å². The van der Waals surface area contributed by atoms with E-state index in [-0.39, 0.29) is 11.4 Å². The first-order chi connectivity index (χ1) is 7.38. The molecule has 0 saturated carbocycles. The van der Waals surface area contributed by atoms with E-state index in [0.29, 0.717) is 10.7 Å². The number of carbonyl (C=O) groups is 1. The topological polar surface area (TPSA) is 33.2 Å². The van der Waals surface area contributed by atoms with Crippen molar-refractivity contribution in [2.24, 2.45) is 0 Å². The summed E-state index contributed by atoms with van der Waals surface area (Å²) >= 11 is 5.76. The number of halogens is 1. The maximum atomic E-state index is 12.1. The summed E-state index contributed by atoms with van der Waals surface area (Å²) in [7, 11) is 1.81. The van der Waals surface area contributed by atoms with Crippen molar-refractivity contribution in [3.8, 4) is 0 Å². The van der Waals surface area contributed by atoms with Gasteiger partial charge in [-0.1, -0.05) is 18.5 Å². The molecule has 0 unspecified atom stereocenters.